The summed E-state index contributed by atoms with van der Waals surface area (Å²) in [6.45, 7) is 10.7. The third-order valence-corrected chi connectivity index (χ3v) is 7.63. The van der Waals surface area contributed by atoms with Gasteiger partial charge >= 0.3 is 0 Å². The van der Waals surface area contributed by atoms with Gasteiger partial charge in [0.15, 0.2) is 0 Å². The molecule has 3 rings (SSSR count). The lowest BCUT2D eigenvalue weighted by Gasteiger charge is -2.34. The van der Waals surface area contributed by atoms with Crippen molar-refractivity contribution in [1.82, 2.24) is 20.4 Å². The van der Waals surface area contributed by atoms with E-state index in [1.54, 1.807) is 43.3 Å². The molecule has 240 valence electrons. The van der Waals surface area contributed by atoms with Crippen LogP contribution < -0.4 is 20.1 Å². The Hall–Kier alpha value is -4.08. The predicted octanol–water partition coefficient (Wildman–Crippen LogP) is 3.82. The standard InChI is InChI=1S/C34H48N4O6/c1-22(2)18-25-21-44-30-11-9-8-10-27(30)32(40)36-29(20-31(39)35-28(19-23(3)4)34(42)38(25)7)33(41)37(6)16-17-43-26-14-12-24(5)13-15-26/h8-15,22-23,25,28-29H,16-21H2,1-7H3,(H,35,39)(H,36,40)/t25-,28+,29+/m1/s1. The molecule has 4 amide bonds. The van der Waals surface area contributed by atoms with Crippen LogP contribution in [0.1, 0.15) is 62.9 Å². The Balaban J connectivity index is 1.88. The highest BCUT2D eigenvalue weighted by atomic mass is 16.5. The van der Waals surface area contributed by atoms with Gasteiger partial charge in [0.2, 0.25) is 17.7 Å². The molecule has 3 atom stereocenters. The number of amides is 4. The minimum absolute atomic E-state index is 0.125. The van der Waals surface area contributed by atoms with Crippen molar-refractivity contribution < 1.29 is 28.7 Å². The first-order valence-corrected chi connectivity index (χ1v) is 15.4. The van der Waals surface area contributed by atoms with E-state index in [0.717, 1.165) is 5.56 Å². The monoisotopic (exact) mass is 608 g/mol. The van der Waals surface area contributed by atoms with Crippen LogP contribution >= 0.6 is 0 Å². The Morgan fingerprint density at radius 3 is 2.32 bits per heavy atom. The minimum atomic E-state index is -1.18. The fraction of sp³-hybridized carbons (Fsp3) is 0.529. The van der Waals surface area contributed by atoms with Gasteiger partial charge in [-0.05, 0) is 55.9 Å². The van der Waals surface area contributed by atoms with Gasteiger partial charge in [-0.15, -0.1) is 0 Å². The second-order valence-electron chi connectivity index (χ2n) is 12.4. The summed E-state index contributed by atoms with van der Waals surface area (Å²) in [6.07, 6.45) is 0.765. The van der Waals surface area contributed by atoms with Gasteiger partial charge in [-0.25, -0.2) is 0 Å². The van der Waals surface area contributed by atoms with Crippen LogP contribution in [0.2, 0.25) is 0 Å². The van der Waals surface area contributed by atoms with Crippen LogP contribution in [-0.2, 0) is 14.4 Å². The van der Waals surface area contributed by atoms with E-state index in [-0.39, 0.29) is 55.5 Å². The summed E-state index contributed by atoms with van der Waals surface area (Å²) in [7, 11) is 3.32. The van der Waals surface area contributed by atoms with Crippen molar-refractivity contribution in [3.8, 4) is 11.5 Å². The number of ether oxygens (including phenoxy) is 2. The number of carbonyl (C=O) groups excluding carboxylic acids is 4. The lowest BCUT2D eigenvalue weighted by Crippen LogP contribution is -2.55. The summed E-state index contributed by atoms with van der Waals surface area (Å²) in [4.78, 5) is 57.4. The van der Waals surface area contributed by atoms with Crippen molar-refractivity contribution in [3.63, 3.8) is 0 Å². The maximum atomic E-state index is 13.8. The lowest BCUT2D eigenvalue weighted by atomic mass is 9.99. The molecule has 44 heavy (non-hydrogen) atoms. The number of nitrogens with one attached hydrogen (secondary N) is 2. The normalized spacial score (nSPS) is 19.9. The number of hydrogen-bond acceptors (Lipinski definition) is 6. The molecule has 2 N–H and O–H groups in total. The van der Waals surface area contributed by atoms with E-state index >= 15 is 0 Å². The van der Waals surface area contributed by atoms with Crippen LogP contribution in [0.15, 0.2) is 48.5 Å². The average Bonchev–Trinajstić information content (AvgIpc) is 2.97. The van der Waals surface area contributed by atoms with Crippen molar-refractivity contribution in [2.75, 3.05) is 33.9 Å². The Kier molecular flexibility index (Phi) is 12.6. The number of carbonyl (C=O) groups is 4. The average molecular weight is 609 g/mol. The smallest absolute Gasteiger partial charge is 0.255 e. The molecule has 0 bridgehead atoms. The first-order valence-electron chi connectivity index (χ1n) is 15.4. The molecule has 10 nitrogen and oxygen atoms in total. The Bertz CT molecular complexity index is 1280. The molecule has 1 heterocycles. The second kappa shape index (κ2) is 16.1. The number of fused-ring (bicyclic) bond motifs is 1. The zero-order valence-electron chi connectivity index (χ0n) is 27.1. The van der Waals surface area contributed by atoms with Gasteiger partial charge in [0, 0.05) is 14.1 Å². The van der Waals surface area contributed by atoms with E-state index in [1.165, 1.54) is 4.90 Å². The Morgan fingerprint density at radius 2 is 1.66 bits per heavy atom. The van der Waals surface area contributed by atoms with Crippen molar-refractivity contribution in [1.29, 1.82) is 0 Å². The molecule has 0 saturated heterocycles. The summed E-state index contributed by atoms with van der Waals surface area (Å²) < 4.78 is 11.9. The first-order chi connectivity index (χ1) is 20.8. The second-order valence-corrected chi connectivity index (χ2v) is 12.4. The molecule has 0 saturated carbocycles. The maximum Gasteiger partial charge on any atom is 0.255 e. The van der Waals surface area contributed by atoms with Gasteiger partial charge in [-0.1, -0.05) is 57.5 Å². The van der Waals surface area contributed by atoms with E-state index < -0.39 is 29.8 Å². The minimum Gasteiger partial charge on any atom is -0.492 e. The van der Waals surface area contributed by atoms with Crippen LogP contribution in [0.3, 0.4) is 0 Å². The molecule has 0 fully saturated rings. The van der Waals surface area contributed by atoms with Crippen LogP contribution in [0.5, 0.6) is 11.5 Å². The molecule has 0 aliphatic carbocycles. The van der Waals surface area contributed by atoms with Gasteiger partial charge in [0.1, 0.15) is 36.8 Å². The maximum absolute atomic E-state index is 13.8. The predicted molar refractivity (Wildman–Crippen MR) is 170 cm³/mol. The molecule has 1 aliphatic rings. The third-order valence-electron chi connectivity index (χ3n) is 7.63. The summed E-state index contributed by atoms with van der Waals surface area (Å²) in [5, 5.41) is 5.63. The molecule has 10 heteroatoms. The molecule has 0 radical (unpaired) electrons. The number of nitrogens with zero attached hydrogens (tertiary/aromatic N) is 2. The van der Waals surface area contributed by atoms with E-state index in [4.69, 9.17) is 9.47 Å². The number of benzene rings is 2. The summed E-state index contributed by atoms with van der Waals surface area (Å²) in [6, 6.07) is 12.1. The summed E-state index contributed by atoms with van der Waals surface area (Å²) in [5.41, 5.74) is 1.35. The molecule has 0 unspecified atom stereocenters. The number of aryl methyl sites for hydroxylation is 1. The van der Waals surface area contributed by atoms with Crippen LogP contribution in [0.4, 0.5) is 0 Å². The first kappa shape index (κ1) is 34.4. The van der Waals surface area contributed by atoms with Gasteiger partial charge in [-0.2, -0.15) is 0 Å². The molecular weight excluding hydrogens is 560 g/mol. The lowest BCUT2D eigenvalue weighted by molar-refractivity contribution is -0.139. The molecule has 2 aromatic rings. The number of para-hydroxylation sites is 1. The third kappa shape index (κ3) is 9.99. The highest BCUT2D eigenvalue weighted by Crippen LogP contribution is 2.22. The molecule has 0 spiro atoms. The summed E-state index contributed by atoms with van der Waals surface area (Å²) in [5.74, 6) is -0.276. The van der Waals surface area contributed by atoms with Gasteiger partial charge in [-0.3, -0.25) is 19.2 Å². The van der Waals surface area contributed by atoms with Crippen LogP contribution in [-0.4, -0.2) is 85.4 Å². The highest BCUT2D eigenvalue weighted by molar-refractivity contribution is 6.01. The molecule has 2 aromatic carbocycles. The van der Waals surface area contributed by atoms with E-state index in [9.17, 15) is 19.2 Å². The number of likely N-dealkylation sites (N-methyl/N-ethyl adjacent to an activating group) is 2. The SMILES string of the molecule is Cc1ccc(OCCN(C)C(=O)[C@@H]2CC(=O)N[C@@H](CC(C)C)C(=O)N(C)[C@H](CC(C)C)COc3ccccc3C(=O)N2)cc1. The van der Waals surface area contributed by atoms with Crippen molar-refractivity contribution >= 4 is 23.6 Å². The van der Waals surface area contributed by atoms with Crippen LogP contribution in [0.25, 0.3) is 0 Å². The van der Waals surface area contributed by atoms with Gasteiger partial charge < -0.3 is 29.9 Å². The van der Waals surface area contributed by atoms with Crippen molar-refractivity contribution in [3.05, 3.63) is 59.7 Å². The van der Waals surface area contributed by atoms with E-state index in [1.807, 2.05) is 45.0 Å². The number of hydrogen-bond donors (Lipinski definition) is 2. The number of rotatable bonds is 9. The zero-order valence-corrected chi connectivity index (χ0v) is 27.1. The van der Waals surface area contributed by atoms with E-state index in [2.05, 4.69) is 24.5 Å². The quantitative estimate of drug-likeness (QED) is 0.447. The fourth-order valence-electron chi connectivity index (χ4n) is 5.15. The largest absolute Gasteiger partial charge is 0.492 e. The van der Waals surface area contributed by atoms with Gasteiger partial charge in [0.25, 0.3) is 5.91 Å². The zero-order chi connectivity index (χ0) is 32.4. The Labute approximate surface area is 261 Å². The molecule has 1 aliphatic heterocycles. The molecule has 0 aromatic heterocycles. The summed E-state index contributed by atoms with van der Waals surface area (Å²) >= 11 is 0. The highest BCUT2D eigenvalue weighted by Gasteiger charge is 2.33. The van der Waals surface area contributed by atoms with E-state index in [0.29, 0.717) is 24.3 Å². The topological polar surface area (TPSA) is 117 Å². The molecular formula is C34H48N4O6. The van der Waals surface area contributed by atoms with Crippen LogP contribution in [0, 0.1) is 18.8 Å². The van der Waals surface area contributed by atoms with Crippen molar-refractivity contribution in [2.24, 2.45) is 11.8 Å². The Morgan fingerprint density at radius 1 is 1.00 bits per heavy atom. The van der Waals surface area contributed by atoms with Gasteiger partial charge in [0.05, 0.1) is 24.6 Å². The van der Waals surface area contributed by atoms with Crippen molar-refractivity contribution in [2.45, 2.75) is 72.0 Å². The fourth-order valence-corrected chi connectivity index (χ4v) is 5.15.